The number of amides is 3. The largest absolute Gasteiger partial charge is 0.480 e. The molecular weight excluding hydrogens is 585 g/mol. The molecule has 2 aromatic heterocycles. The molecule has 1 fully saturated rings. The summed E-state index contributed by atoms with van der Waals surface area (Å²) < 4.78 is 19.0. The third-order valence-corrected chi connectivity index (χ3v) is 8.04. The molecule has 45 heavy (non-hydrogen) atoms. The Morgan fingerprint density at radius 3 is 2.42 bits per heavy atom. The normalized spacial score (nSPS) is 13.7. The second-order valence-corrected chi connectivity index (χ2v) is 11.2. The zero-order chi connectivity index (χ0) is 32.2. The minimum Gasteiger partial charge on any atom is -0.480 e. The van der Waals surface area contributed by atoms with E-state index in [0.717, 1.165) is 0 Å². The van der Waals surface area contributed by atoms with E-state index in [1.165, 1.54) is 16.3 Å². The predicted molar refractivity (Wildman–Crippen MR) is 162 cm³/mol. The SMILES string of the molecule is CC(=O)CCC(=O)N1CCC(c2nn(CC(=O)NCC(=O)NCC(=O)O)c3cccc(-c4ccc5cnn(C)c5c4F)c23)CC1. The molecule has 4 aromatic rings. The minimum atomic E-state index is -1.20. The number of carboxylic acids is 1. The second kappa shape index (κ2) is 13.2. The number of ketones is 1. The van der Waals surface area contributed by atoms with E-state index in [1.807, 2.05) is 6.07 Å². The highest BCUT2D eigenvalue weighted by Gasteiger charge is 2.29. The first-order chi connectivity index (χ1) is 21.5. The summed E-state index contributed by atoms with van der Waals surface area (Å²) in [7, 11) is 1.67. The molecule has 0 spiro atoms. The Balaban J connectivity index is 1.47. The number of carbonyl (C=O) groups excluding carboxylic acids is 4. The second-order valence-electron chi connectivity index (χ2n) is 11.2. The van der Waals surface area contributed by atoms with Crippen LogP contribution >= 0.6 is 0 Å². The molecule has 2 aromatic carbocycles. The van der Waals surface area contributed by atoms with Crippen LogP contribution in [0.2, 0.25) is 0 Å². The number of likely N-dealkylation sites (tertiary alicyclic amines) is 1. The smallest absolute Gasteiger partial charge is 0.322 e. The summed E-state index contributed by atoms with van der Waals surface area (Å²) >= 11 is 0. The fourth-order valence-electron chi connectivity index (χ4n) is 5.77. The highest BCUT2D eigenvalue weighted by atomic mass is 19.1. The molecule has 5 rings (SSSR count). The van der Waals surface area contributed by atoms with Crippen molar-refractivity contribution in [1.82, 2.24) is 35.1 Å². The number of benzene rings is 2. The van der Waals surface area contributed by atoms with Gasteiger partial charge in [-0.3, -0.25) is 28.5 Å². The Bertz CT molecular complexity index is 1800. The van der Waals surface area contributed by atoms with Crippen LogP contribution in [0.5, 0.6) is 0 Å². The third kappa shape index (κ3) is 6.84. The summed E-state index contributed by atoms with van der Waals surface area (Å²) in [5.41, 5.74) is 2.58. The number of aryl methyl sites for hydroxylation is 1. The molecule has 13 nitrogen and oxygen atoms in total. The van der Waals surface area contributed by atoms with Gasteiger partial charge in [-0.2, -0.15) is 10.2 Å². The lowest BCUT2D eigenvalue weighted by Gasteiger charge is -2.31. The van der Waals surface area contributed by atoms with Gasteiger partial charge in [-0.1, -0.05) is 24.3 Å². The molecule has 1 aliphatic rings. The van der Waals surface area contributed by atoms with E-state index < -0.39 is 36.7 Å². The van der Waals surface area contributed by atoms with E-state index >= 15 is 4.39 Å². The van der Waals surface area contributed by atoms with Crippen molar-refractivity contribution in [1.29, 1.82) is 0 Å². The van der Waals surface area contributed by atoms with Crippen molar-refractivity contribution < 1.29 is 33.5 Å². The number of nitrogens with zero attached hydrogens (tertiary/aromatic N) is 5. The lowest BCUT2D eigenvalue weighted by Crippen LogP contribution is -2.40. The number of rotatable bonds is 11. The Kier molecular flexibility index (Phi) is 9.21. The Morgan fingerprint density at radius 2 is 1.71 bits per heavy atom. The maximum atomic E-state index is 16.0. The zero-order valence-corrected chi connectivity index (χ0v) is 25.0. The van der Waals surface area contributed by atoms with Crippen molar-refractivity contribution in [2.24, 2.45) is 7.05 Å². The highest BCUT2D eigenvalue weighted by molar-refractivity contribution is 6.00. The molecule has 3 N–H and O–H groups in total. The number of carbonyl (C=O) groups is 5. The average Bonchev–Trinajstić information content (AvgIpc) is 3.58. The number of aromatic nitrogens is 4. The molecule has 236 valence electrons. The van der Waals surface area contributed by atoms with Gasteiger partial charge < -0.3 is 25.4 Å². The summed E-state index contributed by atoms with van der Waals surface area (Å²) in [4.78, 5) is 61.2. The molecule has 0 radical (unpaired) electrons. The molecule has 1 aliphatic heterocycles. The maximum absolute atomic E-state index is 16.0. The third-order valence-electron chi connectivity index (χ3n) is 8.04. The van der Waals surface area contributed by atoms with Gasteiger partial charge in [0.2, 0.25) is 17.7 Å². The molecule has 14 heteroatoms. The number of hydrogen-bond acceptors (Lipinski definition) is 7. The molecule has 0 atom stereocenters. The Morgan fingerprint density at radius 1 is 0.978 bits per heavy atom. The van der Waals surface area contributed by atoms with Crippen LogP contribution < -0.4 is 10.6 Å². The van der Waals surface area contributed by atoms with E-state index in [0.29, 0.717) is 64.6 Å². The van der Waals surface area contributed by atoms with Crippen LogP contribution in [0.3, 0.4) is 0 Å². The number of carboxylic acid groups (broad SMARTS) is 1. The van der Waals surface area contributed by atoms with E-state index in [-0.39, 0.29) is 37.0 Å². The van der Waals surface area contributed by atoms with Crippen LogP contribution in [0.15, 0.2) is 36.5 Å². The Labute approximate surface area is 257 Å². The van der Waals surface area contributed by atoms with E-state index in [2.05, 4.69) is 15.7 Å². The van der Waals surface area contributed by atoms with Crippen molar-refractivity contribution >= 4 is 51.3 Å². The molecule has 0 saturated carbocycles. The molecule has 0 bridgehead atoms. The quantitative estimate of drug-likeness (QED) is 0.229. The van der Waals surface area contributed by atoms with E-state index in [1.54, 1.807) is 42.4 Å². The van der Waals surface area contributed by atoms with E-state index in [9.17, 15) is 24.0 Å². The van der Waals surface area contributed by atoms with Gasteiger partial charge in [0.25, 0.3) is 0 Å². The van der Waals surface area contributed by atoms with Gasteiger partial charge in [0, 0.05) is 55.2 Å². The number of fused-ring (bicyclic) bond motifs is 2. The van der Waals surface area contributed by atoms with Gasteiger partial charge in [-0.05, 0) is 31.4 Å². The predicted octanol–water partition coefficient (Wildman–Crippen LogP) is 2.12. The monoisotopic (exact) mass is 619 g/mol. The maximum Gasteiger partial charge on any atom is 0.322 e. The molecule has 3 amide bonds. The van der Waals surface area contributed by atoms with Crippen molar-refractivity contribution in [3.63, 3.8) is 0 Å². The van der Waals surface area contributed by atoms with Gasteiger partial charge >= 0.3 is 5.97 Å². The zero-order valence-electron chi connectivity index (χ0n) is 25.0. The van der Waals surface area contributed by atoms with Gasteiger partial charge in [0.1, 0.15) is 24.4 Å². The summed E-state index contributed by atoms with van der Waals surface area (Å²) in [5, 5.41) is 23.8. The fourth-order valence-corrected chi connectivity index (χ4v) is 5.77. The van der Waals surface area contributed by atoms with Crippen molar-refractivity contribution in [2.75, 3.05) is 26.2 Å². The topological polar surface area (TPSA) is 169 Å². The summed E-state index contributed by atoms with van der Waals surface area (Å²) in [6.07, 6.45) is 3.14. The van der Waals surface area contributed by atoms with Gasteiger partial charge in [0.15, 0.2) is 5.82 Å². The van der Waals surface area contributed by atoms with Gasteiger partial charge in [-0.25, -0.2) is 4.39 Å². The minimum absolute atomic E-state index is 0.0377. The van der Waals surface area contributed by atoms with Gasteiger partial charge in [0.05, 0.1) is 24.0 Å². The molecular formula is C31H34FN7O6. The van der Waals surface area contributed by atoms with Crippen LogP contribution in [-0.2, 0) is 37.6 Å². The Hall–Kier alpha value is -5.14. The van der Waals surface area contributed by atoms with Crippen LogP contribution in [0.25, 0.3) is 32.9 Å². The number of halogens is 1. The number of aliphatic carboxylic acids is 1. The molecule has 0 aliphatic carbocycles. The first-order valence-electron chi connectivity index (χ1n) is 14.7. The summed E-state index contributed by atoms with van der Waals surface area (Å²) in [5.74, 6) is -3.01. The van der Waals surface area contributed by atoms with Crippen LogP contribution in [0.4, 0.5) is 4.39 Å². The van der Waals surface area contributed by atoms with Crippen molar-refractivity contribution in [2.45, 2.75) is 45.1 Å². The first kappa shape index (κ1) is 31.3. The number of piperidine rings is 1. The molecule has 0 unspecified atom stereocenters. The van der Waals surface area contributed by atoms with Crippen LogP contribution in [0.1, 0.15) is 44.2 Å². The number of Topliss-reactive ketones (excluding diaryl/α,β-unsaturated/α-hetero) is 1. The van der Waals surface area contributed by atoms with E-state index in [4.69, 9.17) is 10.2 Å². The first-order valence-corrected chi connectivity index (χ1v) is 14.7. The lowest BCUT2D eigenvalue weighted by molar-refractivity contribution is -0.137. The highest BCUT2D eigenvalue weighted by Crippen LogP contribution is 2.40. The standard InChI is InChI=1S/C31H34FN7O6/c1-18(40)6-9-26(43)38-12-10-19(11-13-38)30-28-21(22-8-7-20-14-35-37(2)31(20)29(22)32)4-3-5-23(28)39(36-30)17-25(42)33-15-24(41)34-16-27(44)45/h3-5,7-8,14,19H,6,9-13,15-17H2,1-2H3,(H,33,42)(H,34,41)(H,44,45). The fraction of sp³-hybridized carbons (Fsp3) is 0.387. The lowest BCUT2D eigenvalue weighted by atomic mass is 9.88. The van der Waals surface area contributed by atoms with Crippen LogP contribution in [-0.4, -0.2) is 85.2 Å². The summed E-state index contributed by atoms with van der Waals surface area (Å²) in [6, 6.07) is 8.88. The van der Waals surface area contributed by atoms with Crippen LogP contribution in [0, 0.1) is 5.82 Å². The van der Waals surface area contributed by atoms with Crippen molar-refractivity contribution in [3.8, 4) is 11.1 Å². The number of hydrogen-bond donors (Lipinski definition) is 3. The van der Waals surface area contributed by atoms with Crippen molar-refractivity contribution in [3.05, 3.63) is 48.0 Å². The average molecular weight is 620 g/mol. The number of nitrogens with one attached hydrogen (secondary N) is 2. The van der Waals surface area contributed by atoms with Gasteiger partial charge in [-0.15, -0.1) is 0 Å². The summed E-state index contributed by atoms with van der Waals surface area (Å²) in [6.45, 7) is 1.19. The molecule has 3 heterocycles. The molecule has 1 saturated heterocycles.